The van der Waals surface area contributed by atoms with E-state index in [9.17, 15) is 9.59 Å². The molecule has 1 heterocycles. The molecule has 0 saturated carbocycles. The van der Waals surface area contributed by atoms with E-state index in [4.69, 9.17) is 5.73 Å². The van der Waals surface area contributed by atoms with Crippen LogP contribution < -0.4 is 11.3 Å². The summed E-state index contributed by atoms with van der Waals surface area (Å²) in [5, 5.41) is 3.99. The zero-order valence-corrected chi connectivity index (χ0v) is 11.6. The van der Waals surface area contributed by atoms with E-state index >= 15 is 0 Å². The molecule has 0 saturated heterocycles. The molecule has 6 heteroatoms. The minimum absolute atomic E-state index is 0.0248. The summed E-state index contributed by atoms with van der Waals surface area (Å²) in [6, 6.07) is 8.69. The Kier molecular flexibility index (Phi) is 4.05. The smallest absolute Gasteiger partial charge is 0.360 e. The zero-order chi connectivity index (χ0) is 15.4. The van der Waals surface area contributed by atoms with Gasteiger partial charge in [0.1, 0.15) is 5.56 Å². The lowest BCUT2D eigenvalue weighted by Gasteiger charge is -2.10. The van der Waals surface area contributed by atoms with E-state index in [1.54, 1.807) is 37.3 Å². The molecule has 0 bridgehead atoms. The van der Waals surface area contributed by atoms with Crippen molar-refractivity contribution in [1.29, 1.82) is 0 Å². The molecule has 6 nitrogen and oxygen atoms in total. The number of nitrogens with two attached hydrogens (primary N) is 1. The maximum atomic E-state index is 12.4. The number of aromatic nitrogens is 2. The monoisotopic (exact) mass is 283 g/mol. The van der Waals surface area contributed by atoms with Crippen LogP contribution in [0, 0.1) is 11.8 Å². The van der Waals surface area contributed by atoms with Gasteiger partial charge in [0.05, 0.1) is 18.5 Å². The molecule has 21 heavy (non-hydrogen) atoms. The van der Waals surface area contributed by atoms with Gasteiger partial charge in [-0.25, -0.2) is 4.79 Å². The molecule has 0 aliphatic carbocycles. The summed E-state index contributed by atoms with van der Waals surface area (Å²) in [6.07, 6.45) is 0. The van der Waals surface area contributed by atoms with Gasteiger partial charge in [-0.15, -0.1) is 5.92 Å². The minimum atomic E-state index is -0.726. The average molecular weight is 283 g/mol. The van der Waals surface area contributed by atoms with Gasteiger partial charge in [-0.1, -0.05) is 24.1 Å². The number of esters is 1. The number of anilines is 1. The van der Waals surface area contributed by atoms with Crippen LogP contribution in [-0.4, -0.2) is 22.9 Å². The summed E-state index contributed by atoms with van der Waals surface area (Å²) in [5.74, 6) is 4.50. The average Bonchev–Trinajstić information content (AvgIpc) is 2.52. The van der Waals surface area contributed by atoms with Crippen LogP contribution >= 0.6 is 0 Å². The first-order chi connectivity index (χ1) is 10.1. The number of nitrogen functional groups attached to an aromatic ring is 1. The molecule has 0 radical (unpaired) electrons. The van der Waals surface area contributed by atoms with E-state index in [0.717, 1.165) is 4.68 Å². The highest BCUT2D eigenvalue weighted by atomic mass is 16.5. The second-order valence-electron chi connectivity index (χ2n) is 4.06. The molecule has 2 aromatic rings. The van der Waals surface area contributed by atoms with Gasteiger partial charge in [-0.3, -0.25) is 4.79 Å². The number of ether oxygens (including phenoxy) is 1. The number of methoxy groups -OCH3 is 1. The van der Waals surface area contributed by atoms with E-state index < -0.39 is 11.5 Å². The van der Waals surface area contributed by atoms with Crippen molar-refractivity contribution in [2.24, 2.45) is 0 Å². The van der Waals surface area contributed by atoms with E-state index in [-0.39, 0.29) is 16.9 Å². The number of rotatable bonds is 2. The molecular formula is C15H13N3O3. The molecule has 2 N–H and O–H groups in total. The Balaban J connectivity index is 2.82. The minimum Gasteiger partial charge on any atom is -0.464 e. The number of carbonyl (C=O) groups excluding carboxylic acids is 1. The topological polar surface area (TPSA) is 87.2 Å². The Morgan fingerprint density at radius 3 is 2.57 bits per heavy atom. The maximum absolute atomic E-state index is 12.4. The summed E-state index contributed by atoms with van der Waals surface area (Å²) in [7, 11) is 1.21. The van der Waals surface area contributed by atoms with Crippen LogP contribution in [0.15, 0.2) is 35.1 Å². The van der Waals surface area contributed by atoms with Gasteiger partial charge in [0.2, 0.25) is 0 Å². The van der Waals surface area contributed by atoms with Crippen molar-refractivity contribution in [2.45, 2.75) is 6.92 Å². The van der Waals surface area contributed by atoms with Gasteiger partial charge >= 0.3 is 5.97 Å². The predicted octanol–water partition coefficient (Wildman–Crippen LogP) is 0.973. The van der Waals surface area contributed by atoms with E-state index in [1.807, 2.05) is 0 Å². The number of para-hydroxylation sites is 1. The second-order valence-corrected chi connectivity index (χ2v) is 4.06. The van der Waals surface area contributed by atoms with Gasteiger partial charge in [0.25, 0.3) is 5.56 Å². The SMILES string of the molecule is CC#Cc1c(N)c(C(=O)OC)nn(-c2ccccc2)c1=O. The lowest BCUT2D eigenvalue weighted by atomic mass is 10.2. The zero-order valence-electron chi connectivity index (χ0n) is 11.6. The van der Waals surface area contributed by atoms with Crippen LogP contribution in [0.4, 0.5) is 5.69 Å². The molecule has 1 aromatic heterocycles. The fourth-order valence-electron chi connectivity index (χ4n) is 1.78. The first-order valence-corrected chi connectivity index (χ1v) is 6.09. The van der Waals surface area contributed by atoms with Crippen LogP contribution in [0.5, 0.6) is 0 Å². The highest BCUT2D eigenvalue weighted by Crippen LogP contribution is 2.14. The van der Waals surface area contributed by atoms with Gasteiger partial charge in [-0.2, -0.15) is 9.78 Å². The summed E-state index contributed by atoms with van der Waals surface area (Å²) in [4.78, 5) is 24.2. The third-order valence-corrected chi connectivity index (χ3v) is 2.76. The maximum Gasteiger partial charge on any atom is 0.360 e. The van der Waals surface area contributed by atoms with Gasteiger partial charge in [-0.05, 0) is 19.1 Å². The molecule has 0 spiro atoms. The highest BCUT2D eigenvalue weighted by molar-refractivity contribution is 5.93. The number of benzene rings is 1. The van der Waals surface area contributed by atoms with Crippen molar-refractivity contribution in [3.05, 3.63) is 51.9 Å². The Morgan fingerprint density at radius 2 is 2.00 bits per heavy atom. The van der Waals surface area contributed by atoms with E-state index in [1.165, 1.54) is 7.11 Å². The molecule has 0 unspecified atom stereocenters. The second kappa shape index (κ2) is 5.92. The van der Waals surface area contributed by atoms with E-state index in [2.05, 4.69) is 21.7 Å². The summed E-state index contributed by atoms with van der Waals surface area (Å²) in [5.41, 5.74) is 5.64. The van der Waals surface area contributed by atoms with E-state index in [0.29, 0.717) is 5.69 Å². The Morgan fingerprint density at radius 1 is 1.33 bits per heavy atom. The van der Waals surface area contributed by atoms with Crippen LogP contribution in [0.25, 0.3) is 5.69 Å². The van der Waals surface area contributed by atoms with Crippen LogP contribution in [0.2, 0.25) is 0 Å². The summed E-state index contributed by atoms with van der Waals surface area (Å²) >= 11 is 0. The van der Waals surface area contributed by atoms with Crippen LogP contribution in [0.3, 0.4) is 0 Å². The van der Waals surface area contributed by atoms with Gasteiger partial charge in [0, 0.05) is 0 Å². The van der Waals surface area contributed by atoms with Crippen molar-refractivity contribution in [3.8, 4) is 17.5 Å². The predicted molar refractivity (Wildman–Crippen MR) is 78.1 cm³/mol. The molecule has 0 atom stereocenters. The van der Waals surface area contributed by atoms with Crippen molar-refractivity contribution in [2.75, 3.05) is 12.8 Å². The van der Waals surface area contributed by atoms with Crippen molar-refractivity contribution >= 4 is 11.7 Å². The Hall–Kier alpha value is -3.07. The summed E-state index contributed by atoms with van der Waals surface area (Å²) in [6.45, 7) is 1.57. The molecule has 106 valence electrons. The van der Waals surface area contributed by atoms with Gasteiger partial charge in [0.15, 0.2) is 5.69 Å². The van der Waals surface area contributed by atoms with Gasteiger partial charge < -0.3 is 10.5 Å². The number of carbonyl (C=O) groups is 1. The normalized spacial score (nSPS) is 9.62. The number of hydrogen-bond acceptors (Lipinski definition) is 5. The molecule has 2 rings (SSSR count). The molecule has 1 aromatic carbocycles. The van der Waals surface area contributed by atoms with Crippen molar-refractivity contribution in [1.82, 2.24) is 9.78 Å². The first kappa shape index (κ1) is 14.3. The third-order valence-electron chi connectivity index (χ3n) is 2.76. The quantitative estimate of drug-likeness (QED) is 0.655. The molecule has 0 amide bonds. The largest absolute Gasteiger partial charge is 0.464 e. The summed E-state index contributed by atoms with van der Waals surface area (Å²) < 4.78 is 5.72. The molecule has 0 fully saturated rings. The lowest BCUT2D eigenvalue weighted by Crippen LogP contribution is -2.28. The highest BCUT2D eigenvalue weighted by Gasteiger charge is 2.20. The Bertz CT molecular complexity index is 799. The first-order valence-electron chi connectivity index (χ1n) is 6.09. The number of nitrogens with zero attached hydrogens (tertiary/aromatic N) is 2. The van der Waals surface area contributed by atoms with Crippen molar-refractivity contribution < 1.29 is 9.53 Å². The molecule has 0 aliphatic heterocycles. The third kappa shape index (κ3) is 2.62. The lowest BCUT2D eigenvalue weighted by molar-refractivity contribution is 0.0593. The Labute approximate surface area is 121 Å². The van der Waals surface area contributed by atoms with Crippen LogP contribution in [0.1, 0.15) is 23.0 Å². The standard InChI is InChI=1S/C15H13N3O3/c1-3-7-11-12(16)13(15(20)21-2)17-18(14(11)19)10-8-5-4-6-9-10/h4-6,8-9H,16H2,1-2H3. The fraction of sp³-hybridized carbons (Fsp3) is 0.133. The van der Waals surface area contributed by atoms with Crippen molar-refractivity contribution in [3.63, 3.8) is 0 Å². The fourth-order valence-corrected chi connectivity index (χ4v) is 1.78. The van der Waals surface area contributed by atoms with Crippen LogP contribution in [-0.2, 0) is 4.74 Å². The molecule has 0 aliphatic rings. The molecular weight excluding hydrogens is 270 g/mol. The number of hydrogen-bond donors (Lipinski definition) is 1.